The largest absolute Gasteiger partial charge is 0.416 e. The summed E-state index contributed by atoms with van der Waals surface area (Å²) >= 11 is 0. The standard InChI is InChI=1S/C7H5F3.C5H12/c8-7(9,10)6-4-2-1-3-5-6;1-3-5-4-2/h1-5H;3-5H2,1-2H3. The van der Waals surface area contributed by atoms with Crippen molar-refractivity contribution >= 4 is 0 Å². The molecule has 86 valence electrons. The lowest BCUT2D eigenvalue weighted by Crippen LogP contribution is -2.03. The van der Waals surface area contributed by atoms with Gasteiger partial charge in [0.15, 0.2) is 0 Å². The Labute approximate surface area is 89.1 Å². The minimum absolute atomic E-state index is 0.602. The zero-order valence-corrected chi connectivity index (χ0v) is 9.14. The molecule has 0 spiro atoms. The molecule has 0 aromatic heterocycles. The van der Waals surface area contributed by atoms with E-state index in [9.17, 15) is 13.2 Å². The lowest BCUT2D eigenvalue weighted by Gasteiger charge is -2.03. The van der Waals surface area contributed by atoms with Gasteiger partial charge in [-0.1, -0.05) is 63.4 Å². The summed E-state index contributed by atoms with van der Waals surface area (Å²) in [6.45, 7) is 4.42. The Balaban J connectivity index is 0.000000336. The van der Waals surface area contributed by atoms with Crippen LogP contribution in [0.15, 0.2) is 30.3 Å². The third-order valence-corrected chi connectivity index (χ3v) is 1.81. The highest BCUT2D eigenvalue weighted by Gasteiger charge is 2.29. The Morgan fingerprint density at radius 3 is 1.60 bits per heavy atom. The maximum atomic E-state index is 11.8. The lowest BCUT2D eigenvalue weighted by atomic mass is 10.2. The Kier molecular flexibility index (Phi) is 6.84. The van der Waals surface area contributed by atoms with E-state index in [0.717, 1.165) is 12.1 Å². The molecule has 1 rings (SSSR count). The Hall–Kier alpha value is -0.990. The highest BCUT2D eigenvalue weighted by molar-refractivity contribution is 5.17. The third kappa shape index (κ3) is 7.00. The number of halogens is 3. The summed E-state index contributed by atoms with van der Waals surface area (Å²) in [6, 6.07) is 6.36. The van der Waals surface area contributed by atoms with Crippen molar-refractivity contribution in [1.82, 2.24) is 0 Å². The van der Waals surface area contributed by atoms with Crippen LogP contribution in [0.1, 0.15) is 38.7 Å². The van der Waals surface area contributed by atoms with Gasteiger partial charge in [0.05, 0.1) is 5.56 Å². The molecule has 0 amide bonds. The predicted molar refractivity (Wildman–Crippen MR) is 56.6 cm³/mol. The van der Waals surface area contributed by atoms with Crippen molar-refractivity contribution in [3.05, 3.63) is 35.9 Å². The van der Waals surface area contributed by atoms with Gasteiger partial charge in [0, 0.05) is 0 Å². The molecule has 0 aliphatic carbocycles. The summed E-state index contributed by atoms with van der Waals surface area (Å²) in [7, 11) is 0. The smallest absolute Gasteiger partial charge is 0.166 e. The molecular formula is C12H17F3. The van der Waals surface area contributed by atoms with Crippen LogP contribution in [-0.2, 0) is 6.18 Å². The van der Waals surface area contributed by atoms with Crippen molar-refractivity contribution in [3.8, 4) is 0 Å². The topological polar surface area (TPSA) is 0 Å². The highest BCUT2D eigenvalue weighted by Crippen LogP contribution is 2.28. The van der Waals surface area contributed by atoms with Crippen LogP contribution < -0.4 is 0 Å². The van der Waals surface area contributed by atoms with Gasteiger partial charge in [0.2, 0.25) is 0 Å². The highest BCUT2D eigenvalue weighted by atomic mass is 19.4. The Morgan fingerprint density at radius 2 is 1.40 bits per heavy atom. The first-order valence-electron chi connectivity index (χ1n) is 5.14. The van der Waals surface area contributed by atoms with Crippen molar-refractivity contribution < 1.29 is 13.2 Å². The zero-order chi connectivity index (χ0) is 11.7. The van der Waals surface area contributed by atoms with Crippen LogP contribution in [0.25, 0.3) is 0 Å². The summed E-state index contributed by atoms with van der Waals surface area (Å²) in [4.78, 5) is 0. The molecular weight excluding hydrogens is 201 g/mol. The number of hydrogen-bond acceptors (Lipinski definition) is 0. The van der Waals surface area contributed by atoms with E-state index in [4.69, 9.17) is 0 Å². The van der Waals surface area contributed by atoms with Crippen LogP contribution in [0.3, 0.4) is 0 Å². The second kappa shape index (κ2) is 7.32. The van der Waals surface area contributed by atoms with Crippen molar-refractivity contribution in [3.63, 3.8) is 0 Å². The molecule has 3 heteroatoms. The molecule has 0 bridgehead atoms. The van der Waals surface area contributed by atoms with Gasteiger partial charge in [-0.15, -0.1) is 0 Å². The van der Waals surface area contributed by atoms with E-state index in [1.165, 1.54) is 31.4 Å². The molecule has 0 saturated carbocycles. The number of hydrogen-bond donors (Lipinski definition) is 0. The first-order valence-corrected chi connectivity index (χ1v) is 5.14. The van der Waals surface area contributed by atoms with Crippen molar-refractivity contribution in [2.45, 2.75) is 39.3 Å². The van der Waals surface area contributed by atoms with E-state index in [1.807, 2.05) is 0 Å². The molecule has 0 aliphatic heterocycles. The molecule has 1 aromatic carbocycles. The van der Waals surface area contributed by atoms with Crippen molar-refractivity contribution in [2.24, 2.45) is 0 Å². The Morgan fingerprint density at radius 1 is 0.933 bits per heavy atom. The quantitative estimate of drug-likeness (QED) is 0.662. The summed E-state index contributed by atoms with van der Waals surface area (Å²) in [5.74, 6) is 0. The number of rotatable bonds is 2. The van der Waals surface area contributed by atoms with Gasteiger partial charge in [0.1, 0.15) is 0 Å². The maximum Gasteiger partial charge on any atom is 0.416 e. The molecule has 1 aromatic rings. The minimum Gasteiger partial charge on any atom is -0.166 e. The first-order chi connectivity index (χ1) is 7.02. The average molecular weight is 218 g/mol. The molecule has 0 aliphatic rings. The van der Waals surface area contributed by atoms with E-state index in [2.05, 4.69) is 13.8 Å². The molecule has 0 radical (unpaired) electrons. The van der Waals surface area contributed by atoms with E-state index in [1.54, 1.807) is 6.07 Å². The minimum atomic E-state index is -4.21. The van der Waals surface area contributed by atoms with Gasteiger partial charge in [-0.25, -0.2) is 0 Å². The van der Waals surface area contributed by atoms with E-state index in [-0.39, 0.29) is 0 Å². The molecule has 15 heavy (non-hydrogen) atoms. The maximum absolute atomic E-state index is 11.8. The predicted octanol–water partition coefficient (Wildman–Crippen LogP) is 4.90. The van der Waals surface area contributed by atoms with Crippen LogP contribution in [0.5, 0.6) is 0 Å². The molecule has 0 saturated heterocycles. The normalized spacial score (nSPS) is 10.5. The SMILES string of the molecule is CCCCC.FC(F)(F)c1ccccc1. The number of benzene rings is 1. The van der Waals surface area contributed by atoms with Gasteiger partial charge in [-0.3, -0.25) is 0 Å². The average Bonchev–Trinajstić information content (AvgIpc) is 2.20. The summed E-state index contributed by atoms with van der Waals surface area (Å²) in [5, 5.41) is 0. The van der Waals surface area contributed by atoms with Crippen LogP contribution >= 0.6 is 0 Å². The molecule has 0 N–H and O–H groups in total. The first kappa shape index (κ1) is 14.0. The van der Waals surface area contributed by atoms with E-state index >= 15 is 0 Å². The summed E-state index contributed by atoms with van der Waals surface area (Å²) in [5.41, 5.74) is -0.602. The summed E-state index contributed by atoms with van der Waals surface area (Å²) < 4.78 is 35.4. The van der Waals surface area contributed by atoms with Crippen LogP contribution in [0.4, 0.5) is 13.2 Å². The van der Waals surface area contributed by atoms with Gasteiger partial charge in [-0.2, -0.15) is 13.2 Å². The van der Waals surface area contributed by atoms with Crippen LogP contribution in [0, 0.1) is 0 Å². The lowest BCUT2D eigenvalue weighted by molar-refractivity contribution is -0.137. The fourth-order valence-corrected chi connectivity index (χ4v) is 0.981. The second-order valence-corrected chi connectivity index (χ2v) is 3.22. The molecule has 0 heterocycles. The van der Waals surface area contributed by atoms with Gasteiger partial charge in [-0.05, 0) is 0 Å². The molecule has 0 nitrogen and oxygen atoms in total. The van der Waals surface area contributed by atoms with Gasteiger partial charge < -0.3 is 0 Å². The molecule has 0 atom stereocenters. The van der Waals surface area contributed by atoms with E-state index in [0.29, 0.717) is 0 Å². The van der Waals surface area contributed by atoms with E-state index < -0.39 is 11.7 Å². The third-order valence-electron chi connectivity index (χ3n) is 1.81. The van der Waals surface area contributed by atoms with Crippen LogP contribution in [0.2, 0.25) is 0 Å². The molecule has 0 fully saturated rings. The Bertz CT molecular complexity index is 237. The van der Waals surface area contributed by atoms with Crippen LogP contribution in [-0.4, -0.2) is 0 Å². The second-order valence-electron chi connectivity index (χ2n) is 3.22. The van der Waals surface area contributed by atoms with Gasteiger partial charge >= 0.3 is 6.18 Å². The fraction of sp³-hybridized carbons (Fsp3) is 0.500. The number of alkyl halides is 3. The fourth-order valence-electron chi connectivity index (χ4n) is 0.981. The zero-order valence-electron chi connectivity index (χ0n) is 9.14. The summed E-state index contributed by atoms with van der Waals surface area (Å²) in [6.07, 6.45) is -0.131. The van der Waals surface area contributed by atoms with Gasteiger partial charge in [0.25, 0.3) is 0 Å². The van der Waals surface area contributed by atoms with Crippen molar-refractivity contribution in [2.75, 3.05) is 0 Å². The molecule has 0 unspecified atom stereocenters. The van der Waals surface area contributed by atoms with Crippen molar-refractivity contribution in [1.29, 1.82) is 0 Å². The monoisotopic (exact) mass is 218 g/mol. The number of unbranched alkanes of at least 4 members (excludes halogenated alkanes) is 2.